The highest BCUT2D eigenvalue weighted by Crippen LogP contribution is 2.28. The van der Waals surface area contributed by atoms with E-state index in [4.69, 9.17) is 4.74 Å². The van der Waals surface area contributed by atoms with Crippen molar-refractivity contribution in [2.45, 2.75) is 0 Å². The molecule has 124 valence electrons. The van der Waals surface area contributed by atoms with Crippen LogP contribution in [0.3, 0.4) is 0 Å². The van der Waals surface area contributed by atoms with Crippen LogP contribution in [-0.2, 0) is 0 Å². The van der Waals surface area contributed by atoms with Crippen molar-refractivity contribution in [1.29, 1.82) is 5.26 Å². The fourth-order valence-corrected chi connectivity index (χ4v) is 2.98. The summed E-state index contributed by atoms with van der Waals surface area (Å²) in [4.78, 5) is 4.52. The summed E-state index contributed by atoms with van der Waals surface area (Å²) in [6.45, 7) is 0. The van der Waals surface area contributed by atoms with Gasteiger partial charge in [-0.15, -0.1) is 11.3 Å². The summed E-state index contributed by atoms with van der Waals surface area (Å²) in [6.07, 6.45) is 1.53. The summed E-state index contributed by atoms with van der Waals surface area (Å²) in [5, 5.41) is 14.8. The van der Waals surface area contributed by atoms with Crippen LogP contribution in [0.5, 0.6) is 5.75 Å². The van der Waals surface area contributed by atoms with Gasteiger partial charge < -0.3 is 10.1 Å². The largest absolute Gasteiger partial charge is 0.497 e. The van der Waals surface area contributed by atoms with E-state index >= 15 is 0 Å². The van der Waals surface area contributed by atoms with Gasteiger partial charge >= 0.3 is 0 Å². The summed E-state index contributed by atoms with van der Waals surface area (Å²) >= 11 is 1.37. The fourth-order valence-electron chi connectivity index (χ4n) is 2.19. The Bertz CT molecular complexity index is 959. The Morgan fingerprint density at radius 1 is 1.28 bits per heavy atom. The number of benzene rings is 2. The van der Waals surface area contributed by atoms with E-state index in [2.05, 4.69) is 16.4 Å². The quantitative estimate of drug-likeness (QED) is 0.662. The highest BCUT2D eigenvalue weighted by Gasteiger charge is 2.09. The predicted octanol–water partition coefficient (Wildman–Crippen LogP) is 4.93. The molecular formula is C19H14FN3OS. The molecule has 6 heteroatoms. The maximum Gasteiger partial charge on any atom is 0.136 e. The number of nitriles is 1. The Morgan fingerprint density at radius 3 is 2.88 bits per heavy atom. The number of hydrogen-bond acceptors (Lipinski definition) is 5. The third-order valence-corrected chi connectivity index (χ3v) is 4.30. The molecule has 0 fully saturated rings. The molecule has 1 aromatic heterocycles. The van der Waals surface area contributed by atoms with E-state index in [-0.39, 0.29) is 5.82 Å². The van der Waals surface area contributed by atoms with E-state index < -0.39 is 0 Å². The third-order valence-electron chi connectivity index (χ3n) is 3.43. The van der Waals surface area contributed by atoms with Gasteiger partial charge in [0.05, 0.1) is 12.8 Å². The Labute approximate surface area is 148 Å². The van der Waals surface area contributed by atoms with Crippen LogP contribution in [0.4, 0.5) is 10.1 Å². The number of nitrogens with zero attached hydrogens (tertiary/aromatic N) is 2. The molecule has 1 heterocycles. The van der Waals surface area contributed by atoms with Gasteiger partial charge in [0.25, 0.3) is 0 Å². The van der Waals surface area contributed by atoms with Gasteiger partial charge in [-0.1, -0.05) is 18.2 Å². The number of nitrogens with one attached hydrogen (secondary N) is 1. The number of allylic oxidation sites excluding steroid dienone is 1. The van der Waals surface area contributed by atoms with Crippen molar-refractivity contribution in [3.05, 3.63) is 70.9 Å². The highest BCUT2D eigenvalue weighted by atomic mass is 32.1. The van der Waals surface area contributed by atoms with Crippen molar-refractivity contribution in [3.8, 4) is 23.1 Å². The molecule has 0 aliphatic carbocycles. The molecule has 2 aromatic carbocycles. The first kappa shape index (κ1) is 16.7. The average molecular weight is 351 g/mol. The van der Waals surface area contributed by atoms with Crippen LogP contribution >= 0.6 is 11.3 Å². The van der Waals surface area contributed by atoms with Gasteiger partial charge in [-0.05, 0) is 30.3 Å². The Kier molecular flexibility index (Phi) is 5.07. The van der Waals surface area contributed by atoms with Crippen molar-refractivity contribution in [2.24, 2.45) is 0 Å². The van der Waals surface area contributed by atoms with Crippen LogP contribution in [-0.4, -0.2) is 12.1 Å². The second-order valence-electron chi connectivity index (χ2n) is 5.09. The molecule has 0 spiro atoms. The first-order valence-electron chi connectivity index (χ1n) is 7.42. The topological polar surface area (TPSA) is 57.9 Å². The lowest BCUT2D eigenvalue weighted by Gasteiger charge is -2.02. The lowest BCUT2D eigenvalue weighted by molar-refractivity contribution is 0.415. The molecule has 25 heavy (non-hydrogen) atoms. The van der Waals surface area contributed by atoms with Crippen molar-refractivity contribution in [3.63, 3.8) is 0 Å². The molecular weight excluding hydrogens is 337 g/mol. The molecule has 0 aliphatic rings. The van der Waals surface area contributed by atoms with Crippen molar-refractivity contribution in [1.82, 2.24) is 4.98 Å². The normalized spacial score (nSPS) is 11.0. The van der Waals surface area contributed by atoms with Crippen LogP contribution in [0.25, 0.3) is 16.8 Å². The van der Waals surface area contributed by atoms with E-state index in [1.807, 2.05) is 29.6 Å². The minimum absolute atomic E-state index is 0.341. The third kappa shape index (κ3) is 4.03. The Morgan fingerprint density at radius 2 is 2.12 bits per heavy atom. The van der Waals surface area contributed by atoms with E-state index in [1.165, 1.54) is 29.7 Å². The zero-order valence-corrected chi connectivity index (χ0v) is 14.2. The minimum atomic E-state index is -0.341. The van der Waals surface area contributed by atoms with Gasteiger partial charge in [0.15, 0.2) is 0 Å². The molecule has 0 atom stereocenters. The summed E-state index contributed by atoms with van der Waals surface area (Å²) in [5.41, 5.74) is 2.63. The summed E-state index contributed by atoms with van der Waals surface area (Å²) < 4.78 is 18.4. The zero-order valence-electron chi connectivity index (χ0n) is 13.4. The van der Waals surface area contributed by atoms with Gasteiger partial charge in [-0.25, -0.2) is 9.37 Å². The molecule has 0 saturated carbocycles. The molecule has 1 N–H and O–H groups in total. The van der Waals surface area contributed by atoms with Gasteiger partial charge in [-0.3, -0.25) is 0 Å². The maximum absolute atomic E-state index is 13.2. The van der Waals surface area contributed by atoms with Crippen LogP contribution in [0, 0.1) is 17.1 Å². The fraction of sp³-hybridized carbons (Fsp3) is 0.0526. The van der Waals surface area contributed by atoms with Crippen LogP contribution < -0.4 is 10.1 Å². The van der Waals surface area contributed by atoms with Gasteiger partial charge in [0.2, 0.25) is 0 Å². The average Bonchev–Trinajstić information content (AvgIpc) is 3.12. The Hall–Kier alpha value is -3.17. The van der Waals surface area contributed by atoms with Crippen molar-refractivity contribution < 1.29 is 9.13 Å². The number of hydrogen-bond donors (Lipinski definition) is 1. The van der Waals surface area contributed by atoms with E-state index in [0.717, 1.165) is 17.0 Å². The molecule has 3 rings (SSSR count). The molecule has 0 bridgehead atoms. The zero-order chi connectivity index (χ0) is 17.6. The molecule has 0 saturated heterocycles. The smallest absolute Gasteiger partial charge is 0.136 e. The first-order valence-corrected chi connectivity index (χ1v) is 8.30. The highest BCUT2D eigenvalue weighted by molar-refractivity contribution is 7.11. The molecule has 0 unspecified atom stereocenters. The molecule has 0 radical (unpaired) electrons. The maximum atomic E-state index is 13.2. The van der Waals surface area contributed by atoms with E-state index in [9.17, 15) is 9.65 Å². The monoisotopic (exact) mass is 351 g/mol. The van der Waals surface area contributed by atoms with Gasteiger partial charge in [0, 0.05) is 22.8 Å². The van der Waals surface area contributed by atoms with Crippen molar-refractivity contribution >= 4 is 22.6 Å². The summed E-state index contributed by atoms with van der Waals surface area (Å²) in [7, 11) is 1.61. The lowest BCUT2D eigenvalue weighted by Crippen LogP contribution is -1.91. The van der Waals surface area contributed by atoms with Crippen molar-refractivity contribution in [2.75, 3.05) is 12.4 Å². The summed E-state index contributed by atoms with van der Waals surface area (Å²) in [6, 6.07) is 15.7. The number of halogens is 1. The minimum Gasteiger partial charge on any atom is -0.497 e. The number of aromatic nitrogens is 1. The Balaban J connectivity index is 1.84. The van der Waals surface area contributed by atoms with E-state index in [0.29, 0.717) is 16.3 Å². The van der Waals surface area contributed by atoms with Gasteiger partial charge in [0.1, 0.15) is 28.2 Å². The van der Waals surface area contributed by atoms with E-state index in [1.54, 1.807) is 19.2 Å². The first-order chi connectivity index (χ1) is 12.2. The van der Waals surface area contributed by atoms with Crippen LogP contribution in [0.15, 0.2) is 60.1 Å². The molecule has 4 nitrogen and oxygen atoms in total. The molecule has 0 amide bonds. The molecule has 0 aliphatic heterocycles. The van der Waals surface area contributed by atoms with Crippen LogP contribution in [0.2, 0.25) is 0 Å². The predicted molar refractivity (Wildman–Crippen MR) is 97.7 cm³/mol. The second kappa shape index (κ2) is 7.60. The number of ether oxygens (including phenoxy) is 1. The SMILES string of the molecule is COc1cccc(-c2csc(C(C#N)=CNc3cccc(F)c3)n2)c1. The second-order valence-corrected chi connectivity index (χ2v) is 5.95. The number of methoxy groups -OCH3 is 1. The van der Waals surface area contributed by atoms with Crippen LogP contribution in [0.1, 0.15) is 5.01 Å². The number of thiazole rings is 1. The number of anilines is 1. The lowest BCUT2D eigenvalue weighted by atomic mass is 10.1. The number of rotatable bonds is 5. The summed E-state index contributed by atoms with van der Waals surface area (Å²) in [5.74, 6) is 0.405. The van der Waals surface area contributed by atoms with Gasteiger partial charge in [-0.2, -0.15) is 5.26 Å². The standard InChI is InChI=1S/C19H14FN3OS/c1-24-17-7-2-4-13(8-17)18-12-25-19(23-18)14(10-21)11-22-16-6-3-5-15(20)9-16/h2-9,11-12,22H,1H3. The molecule has 3 aromatic rings.